The molecule has 136 valence electrons. The lowest BCUT2D eigenvalue weighted by molar-refractivity contribution is -0.144. The second-order valence-electron chi connectivity index (χ2n) is 5.86. The Labute approximate surface area is 142 Å². The van der Waals surface area contributed by atoms with Gasteiger partial charge in [-0.05, 0) is 25.7 Å². The number of esters is 1. The summed E-state index contributed by atoms with van der Waals surface area (Å²) >= 11 is 0. The summed E-state index contributed by atoms with van der Waals surface area (Å²) in [6.45, 7) is 4.07. The second-order valence-corrected chi connectivity index (χ2v) is 5.86. The van der Waals surface area contributed by atoms with Crippen LogP contribution >= 0.6 is 0 Å². The lowest BCUT2D eigenvalue weighted by atomic mass is 10.1. The molecule has 23 heavy (non-hydrogen) atoms. The summed E-state index contributed by atoms with van der Waals surface area (Å²) in [4.78, 5) is 11.3. The van der Waals surface area contributed by atoms with Crippen molar-refractivity contribution in [2.24, 2.45) is 0 Å². The van der Waals surface area contributed by atoms with E-state index in [1.54, 1.807) is 0 Å². The van der Waals surface area contributed by atoms with E-state index in [0.29, 0.717) is 26.1 Å². The number of aliphatic hydroxyl groups excluding tert-OH is 1. The van der Waals surface area contributed by atoms with Gasteiger partial charge in [0, 0.05) is 26.1 Å². The molecule has 0 spiro atoms. The molecule has 0 saturated carbocycles. The molecule has 0 aliphatic rings. The van der Waals surface area contributed by atoms with Crippen molar-refractivity contribution in [3.8, 4) is 0 Å². The van der Waals surface area contributed by atoms with Gasteiger partial charge in [-0.15, -0.1) is 0 Å². The van der Waals surface area contributed by atoms with Gasteiger partial charge < -0.3 is 14.6 Å². The maximum absolute atomic E-state index is 11.3. The van der Waals surface area contributed by atoms with E-state index in [1.807, 2.05) is 0 Å². The molecule has 0 aromatic carbocycles. The molecule has 0 saturated heterocycles. The van der Waals surface area contributed by atoms with Crippen molar-refractivity contribution in [3.05, 3.63) is 12.2 Å². The monoisotopic (exact) mass is 328 g/mol. The summed E-state index contributed by atoms with van der Waals surface area (Å²) in [5.41, 5.74) is 0. The molecule has 0 unspecified atom stereocenters. The number of hydrogen-bond donors (Lipinski definition) is 1. The normalized spacial score (nSPS) is 11.2. The second kappa shape index (κ2) is 19.2. The van der Waals surface area contributed by atoms with Crippen LogP contribution in [0.2, 0.25) is 0 Å². The molecule has 0 heterocycles. The van der Waals surface area contributed by atoms with Gasteiger partial charge in [0.25, 0.3) is 0 Å². The van der Waals surface area contributed by atoms with E-state index >= 15 is 0 Å². The van der Waals surface area contributed by atoms with Crippen LogP contribution in [0.1, 0.15) is 77.6 Å². The van der Waals surface area contributed by atoms with Crippen LogP contribution in [0.25, 0.3) is 0 Å². The summed E-state index contributed by atoms with van der Waals surface area (Å²) in [5.74, 6) is -0.166. The van der Waals surface area contributed by atoms with Crippen LogP contribution < -0.4 is 0 Å². The third-order valence-corrected chi connectivity index (χ3v) is 3.59. The predicted octanol–water partition coefficient (Wildman–Crippen LogP) is 4.41. The van der Waals surface area contributed by atoms with Crippen LogP contribution in [0, 0.1) is 0 Å². The third-order valence-electron chi connectivity index (χ3n) is 3.59. The first kappa shape index (κ1) is 22.1. The van der Waals surface area contributed by atoms with Gasteiger partial charge in [-0.2, -0.15) is 0 Å². The first-order valence-electron chi connectivity index (χ1n) is 9.30. The third kappa shape index (κ3) is 19.1. The van der Waals surface area contributed by atoms with Gasteiger partial charge in [0.15, 0.2) is 0 Å². The molecule has 0 aromatic rings. The van der Waals surface area contributed by atoms with Crippen LogP contribution in [-0.4, -0.2) is 37.5 Å². The summed E-state index contributed by atoms with van der Waals surface area (Å²) in [5, 5.41) is 8.58. The minimum Gasteiger partial charge on any atom is -0.466 e. The molecule has 0 bridgehead atoms. The smallest absolute Gasteiger partial charge is 0.305 e. The van der Waals surface area contributed by atoms with Gasteiger partial charge in [0.2, 0.25) is 0 Å². The van der Waals surface area contributed by atoms with Crippen molar-refractivity contribution in [1.29, 1.82) is 0 Å². The number of aliphatic hydroxyl groups is 1. The van der Waals surface area contributed by atoms with Gasteiger partial charge in [0.05, 0.1) is 13.2 Å². The highest BCUT2D eigenvalue weighted by Crippen LogP contribution is 2.05. The Morgan fingerprint density at radius 1 is 0.913 bits per heavy atom. The number of rotatable bonds is 17. The standard InChI is InChI=1S/C19H36O4/c1-2-3-4-5-6-7-8-11-16-22-17-12-9-10-14-19(21)23-18-13-15-20/h8,11,20H,2-7,9-10,12-18H2,1H3/b11-8-. The van der Waals surface area contributed by atoms with E-state index in [9.17, 15) is 4.79 Å². The quantitative estimate of drug-likeness (QED) is 0.244. The Morgan fingerprint density at radius 2 is 1.70 bits per heavy atom. The lowest BCUT2D eigenvalue weighted by Gasteiger charge is -2.04. The van der Waals surface area contributed by atoms with Gasteiger partial charge in [0.1, 0.15) is 0 Å². The number of unbranched alkanes of at least 4 members (excludes halogenated alkanes) is 7. The maximum atomic E-state index is 11.3. The van der Waals surface area contributed by atoms with Crippen LogP contribution in [0.15, 0.2) is 12.2 Å². The van der Waals surface area contributed by atoms with Gasteiger partial charge in [-0.25, -0.2) is 0 Å². The predicted molar refractivity (Wildman–Crippen MR) is 94.5 cm³/mol. The zero-order valence-corrected chi connectivity index (χ0v) is 14.9. The molecule has 0 radical (unpaired) electrons. The molecular formula is C19H36O4. The van der Waals surface area contributed by atoms with Crippen molar-refractivity contribution >= 4 is 5.97 Å². The average Bonchev–Trinajstić information content (AvgIpc) is 2.55. The fourth-order valence-corrected chi connectivity index (χ4v) is 2.18. The van der Waals surface area contributed by atoms with Gasteiger partial charge in [-0.3, -0.25) is 4.79 Å². The van der Waals surface area contributed by atoms with Crippen LogP contribution in [0.5, 0.6) is 0 Å². The molecule has 0 amide bonds. The topological polar surface area (TPSA) is 55.8 Å². The van der Waals surface area contributed by atoms with Crippen LogP contribution in [0.3, 0.4) is 0 Å². The summed E-state index contributed by atoms with van der Waals surface area (Å²) in [6.07, 6.45) is 15.9. The molecule has 0 rings (SSSR count). The number of carbonyl (C=O) groups is 1. The molecule has 0 aliphatic heterocycles. The Bertz CT molecular complexity index is 277. The Balaban J connectivity index is 3.16. The first-order chi connectivity index (χ1) is 11.3. The van der Waals surface area contributed by atoms with E-state index in [4.69, 9.17) is 14.6 Å². The zero-order valence-electron chi connectivity index (χ0n) is 14.9. The minimum atomic E-state index is -0.166. The zero-order chi connectivity index (χ0) is 17.0. The largest absolute Gasteiger partial charge is 0.466 e. The highest BCUT2D eigenvalue weighted by molar-refractivity contribution is 5.69. The van der Waals surface area contributed by atoms with Crippen molar-refractivity contribution in [1.82, 2.24) is 0 Å². The summed E-state index contributed by atoms with van der Waals surface area (Å²) < 4.78 is 10.5. The van der Waals surface area contributed by atoms with E-state index < -0.39 is 0 Å². The highest BCUT2D eigenvalue weighted by atomic mass is 16.5. The summed E-state index contributed by atoms with van der Waals surface area (Å²) in [6, 6.07) is 0. The Morgan fingerprint density at radius 3 is 2.48 bits per heavy atom. The fourth-order valence-electron chi connectivity index (χ4n) is 2.18. The van der Waals surface area contributed by atoms with Crippen molar-refractivity contribution in [2.75, 3.05) is 26.4 Å². The van der Waals surface area contributed by atoms with Crippen molar-refractivity contribution < 1.29 is 19.4 Å². The summed E-state index contributed by atoms with van der Waals surface area (Å²) in [7, 11) is 0. The SMILES string of the molecule is CCCCCCC/C=C\COCCCCCC(=O)OCCCO. The molecule has 1 N–H and O–H groups in total. The molecule has 0 aliphatic carbocycles. The number of ether oxygens (including phenoxy) is 2. The van der Waals surface area contributed by atoms with Crippen molar-refractivity contribution in [2.45, 2.75) is 77.6 Å². The Hall–Kier alpha value is -0.870. The number of hydrogen-bond acceptors (Lipinski definition) is 4. The average molecular weight is 328 g/mol. The van der Waals surface area contributed by atoms with Crippen LogP contribution in [-0.2, 0) is 14.3 Å². The molecule has 0 fully saturated rings. The highest BCUT2D eigenvalue weighted by Gasteiger charge is 2.01. The minimum absolute atomic E-state index is 0.0674. The first-order valence-corrected chi connectivity index (χ1v) is 9.30. The van der Waals surface area contributed by atoms with E-state index in [1.165, 1.54) is 32.1 Å². The molecular weight excluding hydrogens is 292 g/mol. The van der Waals surface area contributed by atoms with E-state index in [0.717, 1.165) is 32.3 Å². The number of allylic oxidation sites excluding steroid dienone is 1. The van der Waals surface area contributed by atoms with Crippen molar-refractivity contribution in [3.63, 3.8) is 0 Å². The van der Waals surface area contributed by atoms with Gasteiger partial charge in [-0.1, -0.05) is 51.2 Å². The molecule has 4 heteroatoms. The molecule has 0 atom stereocenters. The molecule has 0 aromatic heterocycles. The molecule has 4 nitrogen and oxygen atoms in total. The maximum Gasteiger partial charge on any atom is 0.305 e. The van der Waals surface area contributed by atoms with Gasteiger partial charge >= 0.3 is 5.97 Å². The lowest BCUT2D eigenvalue weighted by Crippen LogP contribution is -2.06. The fraction of sp³-hybridized carbons (Fsp3) is 0.842. The Kier molecular flexibility index (Phi) is 18.5. The van der Waals surface area contributed by atoms with E-state index in [2.05, 4.69) is 19.1 Å². The van der Waals surface area contributed by atoms with E-state index in [-0.39, 0.29) is 12.6 Å². The number of carbonyl (C=O) groups excluding carboxylic acids is 1. The van der Waals surface area contributed by atoms with Crippen LogP contribution in [0.4, 0.5) is 0 Å².